The van der Waals surface area contributed by atoms with Gasteiger partial charge in [-0.1, -0.05) is 50.5 Å². The number of hydrogen-bond donors (Lipinski definition) is 1. The first-order valence-corrected chi connectivity index (χ1v) is 6.97. The van der Waals surface area contributed by atoms with Gasteiger partial charge in [0.25, 0.3) is 0 Å². The van der Waals surface area contributed by atoms with Crippen molar-refractivity contribution in [2.75, 3.05) is 0 Å². The van der Waals surface area contributed by atoms with Crippen LogP contribution in [-0.4, -0.2) is 11.1 Å². The minimum absolute atomic E-state index is 0.508. The van der Waals surface area contributed by atoms with Gasteiger partial charge in [-0.3, -0.25) is 4.79 Å². The summed E-state index contributed by atoms with van der Waals surface area (Å²) in [5.41, 5.74) is 1.97. The van der Waals surface area contributed by atoms with Crippen molar-refractivity contribution in [3.8, 4) is 0 Å². The fourth-order valence-corrected chi connectivity index (χ4v) is 2.98. The molecule has 2 rings (SSSR count). The number of hydrogen-bond acceptors (Lipinski definition) is 1. The number of rotatable bonds is 4. The van der Waals surface area contributed by atoms with Gasteiger partial charge in [0.15, 0.2) is 0 Å². The standard InChI is InChI=1S/C16H22O2/c1-2-13-6-8-14(9-7-13)12-16(15(17)18)10-4-3-5-11-16/h6-9H,2-5,10-12H2,1H3,(H,17,18). The predicted molar refractivity (Wildman–Crippen MR) is 72.7 cm³/mol. The van der Waals surface area contributed by atoms with Gasteiger partial charge in [-0.05, 0) is 36.8 Å². The SMILES string of the molecule is CCc1ccc(CC2(C(=O)O)CCCCC2)cc1. The minimum Gasteiger partial charge on any atom is -0.481 e. The van der Waals surface area contributed by atoms with E-state index in [0.717, 1.165) is 37.7 Å². The summed E-state index contributed by atoms with van der Waals surface area (Å²) in [6, 6.07) is 8.43. The number of aryl methyl sites for hydroxylation is 1. The Morgan fingerprint density at radius 2 is 1.67 bits per heavy atom. The maximum absolute atomic E-state index is 11.6. The van der Waals surface area contributed by atoms with Crippen LogP contribution in [0.25, 0.3) is 0 Å². The van der Waals surface area contributed by atoms with E-state index in [-0.39, 0.29) is 0 Å². The van der Waals surface area contributed by atoms with Crippen LogP contribution in [0.1, 0.15) is 50.2 Å². The second-order valence-corrected chi connectivity index (χ2v) is 5.49. The highest BCUT2D eigenvalue weighted by atomic mass is 16.4. The topological polar surface area (TPSA) is 37.3 Å². The fraction of sp³-hybridized carbons (Fsp3) is 0.562. The molecule has 1 aromatic carbocycles. The average molecular weight is 246 g/mol. The lowest BCUT2D eigenvalue weighted by Gasteiger charge is -2.33. The van der Waals surface area contributed by atoms with Gasteiger partial charge >= 0.3 is 5.97 Å². The van der Waals surface area contributed by atoms with Crippen LogP contribution in [0.2, 0.25) is 0 Å². The molecule has 18 heavy (non-hydrogen) atoms. The molecule has 1 fully saturated rings. The lowest BCUT2D eigenvalue weighted by molar-refractivity contribution is -0.151. The zero-order valence-corrected chi connectivity index (χ0v) is 11.1. The molecule has 98 valence electrons. The van der Waals surface area contributed by atoms with Crippen molar-refractivity contribution in [3.63, 3.8) is 0 Å². The Bertz CT molecular complexity index is 400. The van der Waals surface area contributed by atoms with Gasteiger partial charge in [0, 0.05) is 0 Å². The van der Waals surface area contributed by atoms with Crippen LogP contribution in [0.4, 0.5) is 0 Å². The van der Waals surface area contributed by atoms with Crippen LogP contribution in [-0.2, 0) is 17.6 Å². The van der Waals surface area contributed by atoms with Crippen LogP contribution in [0, 0.1) is 5.41 Å². The van der Waals surface area contributed by atoms with E-state index in [4.69, 9.17) is 0 Å². The molecule has 0 atom stereocenters. The number of carbonyl (C=O) groups is 1. The third-order valence-electron chi connectivity index (χ3n) is 4.24. The van der Waals surface area contributed by atoms with Gasteiger partial charge in [-0.25, -0.2) is 0 Å². The van der Waals surface area contributed by atoms with Crippen LogP contribution in [0.5, 0.6) is 0 Å². The van der Waals surface area contributed by atoms with Gasteiger partial charge in [-0.15, -0.1) is 0 Å². The van der Waals surface area contributed by atoms with Gasteiger partial charge in [0.05, 0.1) is 5.41 Å². The number of carboxylic acid groups (broad SMARTS) is 1. The third kappa shape index (κ3) is 2.74. The second-order valence-electron chi connectivity index (χ2n) is 5.49. The van der Waals surface area contributed by atoms with E-state index in [9.17, 15) is 9.90 Å². The Morgan fingerprint density at radius 3 is 2.17 bits per heavy atom. The molecule has 0 bridgehead atoms. The maximum Gasteiger partial charge on any atom is 0.309 e. The molecular formula is C16H22O2. The molecule has 1 aromatic rings. The van der Waals surface area contributed by atoms with Gasteiger partial charge in [0.1, 0.15) is 0 Å². The summed E-state index contributed by atoms with van der Waals surface area (Å²) in [6.07, 6.45) is 6.68. The lowest BCUT2D eigenvalue weighted by atomic mass is 9.70. The number of benzene rings is 1. The van der Waals surface area contributed by atoms with E-state index in [1.165, 1.54) is 12.0 Å². The average Bonchev–Trinajstić information content (AvgIpc) is 2.40. The van der Waals surface area contributed by atoms with Gasteiger partial charge in [-0.2, -0.15) is 0 Å². The highest BCUT2D eigenvalue weighted by Crippen LogP contribution is 2.39. The smallest absolute Gasteiger partial charge is 0.309 e. The van der Waals surface area contributed by atoms with Crippen molar-refractivity contribution >= 4 is 5.97 Å². The Hall–Kier alpha value is -1.31. The third-order valence-corrected chi connectivity index (χ3v) is 4.24. The van der Waals surface area contributed by atoms with Crippen LogP contribution in [0.15, 0.2) is 24.3 Å². The Morgan fingerprint density at radius 1 is 1.11 bits per heavy atom. The summed E-state index contributed by atoms with van der Waals surface area (Å²) in [6.45, 7) is 2.13. The summed E-state index contributed by atoms with van der Waals surface area (Å²) in [5.74, 6) is -0.609. The molecule has 1 saturated carbocycles. The fourth-order valence-electron chi connectivity index (χ4n) is 2.98. The van der Waals surface area contributed by atoms with Crippen molar-refractivity contribution < 1.29 is 9.90 Å². The molecule has 2 nitrogen and oxygen atoms in total. The molecule has 0 radical (unpaired) electrons. The van der Waals surface area contributed by atoms with E-state index >= 15 is 0 Å². The maximum atomic E-state index is 11.6. The molecule has 1 N–H and O–H groups in total. The van der Waals surface area contributed by atoms with E-state index in [1.807, 2.05) is 0 Å². The highest BCUT2D eigenvalue weighted by Gasteiger charge is 2.39. The lowest BCUT2D eigenvalue weighted by Crippen LogP contribution is -2.35. The molecule has 0 heterocycles. The van der Waals surface area contributed by atoms with Crippen LogP contribution < -0.4 is 0 Å². The molecule has 0 aliphatic heterocycles. The summed E-state index contributed by atoms with van der Waals surface area (Å²) < 4.78 is 0. The van der Waals surface area contributed by atoms with E-state index in [1.54, 1.807) is 0 Å². The van der Waals surface area contributed by atoms with Crippen molar-refractivity contribution in [3.05, 3.63) is 35.4 Å². The van der Waals surface area contributed by atoms with Crippen molar-refractivity contribution in [1.82, 2.24) is 0 Å². The Labute approximate surface area is 109 Å². The first kappa shape index (κ1) is 13.1. The van der Waals surface area contributed by atoms with E-state index < -0.39 is 11.4 Å². The molecule has 0 aromatic heterocycles. The van der Waals surface area contributed by atoms with Crippen LogP contribution >= 0.6 is 0 Å². The summed E-state index contributed by atoms with van der Waals surface area (Å²) in [7, 11) is 0. The molecule has 0 unspecified atom stereocenters. The molecule has 0 saturated heterocycles. The Balaban J connectivity index is 2.15. The summed E-state index contributed by atoms with van der Waals surface area (Å²) in [5, 5.41) is 9.55. The predicted octanol–water partition coefficient (Wildman–Crippen LogP) is 3.83. The molecule has 1 aliphatic carbocycles. The van der Waals surface area contributed by atoms with Gasteiger partial charge in [0.2, 0.25) is 0 Å². The zero-order chi connectivity index (χ0) is 13.0. The zero-order valence-electron chi connectivity index (χ0n) is 11.1. The molecule has 2 heteroatoms. The van der Waals surface area contributed by atoms with E-state index in [0.29, 0.717) is 6.42 Å². The molecule has 1 aliphatic rings. The molecular weight excluding hydrogens is 224 g/mol. The quantitative estimate of drug-likeness (QED) is 0.876. The van der Waals surface area contributed by atoms with Crippen LogP contribution in [0.3, 0.4) is 0 Å². The Kier molecular flexibility index (Phi) is 4.05. The number of carboxylic acids is 1. The normalized spacial score (nSPS) is 18.5. The summed E-state index contributed by atoms with van der Waals surface area (Å²) in [4.78, 5) is 11.6. The van der Waals surface area contributed by atoms with Crippen molar-refractivity contribution in [2.45, 2.75) is 51.9 Å². The second kappa shape index (κ2) is 5.55. The van der Waals surface area contributed by atoms with Crippen molar-refractivity contribution in [2.24, 2.45) is 5.41 Å². The molecule has 0 spiro atoms. The summed E-state index contributed by atoms with van der Waals surface area (Å²) >= 11 is 0. The largest absolute Gasteiger partial charge is 0.481 e. The highest BCUT2D eigenvalue weighted by molar-refractivity contribution is 5.75. The first-order chi connectivity index (χ1) is 8.66. The van der Waals surface area contributed by atoms with E-state index in [2.05, 4.69) is 31.2 Å². The monoisotopic (exact) mass is 246 g/mol. The van der Waals surface area contributed by atoms with Crippen molar-refractivity contribution in [1.29, 1.82) is 0 Å². The van der Waals surface area contributed by atoms with Gasteiger partial charge < -0.3 is 5.11 Å². The first-order valence-electron chi connectivity index (χ1n) is 6.97. The molecule has 0 amide bonds. The minimum atomic E-state index is -0.609. The number of aliphatic carboxylic acids is 1.